The molecule has 1 saturated heterocycles. The number of rotatable bonds is 3. The van der Waals surface area contributed by atoms with Crippen molar-refractivity contribution in [3.63, 3.8) is 0 Å². The van der Waals surface area contributed by atoms with Crippen molar-refractivity contribution < 1.29 is 14.9 Å². The number of halogens is 1. The molecule has 104 valence electrons. The Morgan fingerprint density at radius 2 is 2.32 bits per heavy atom. The Labute approximate surface area is 112 Å². The monoisotopic (exact) mass is 288 g/mol. The summed E-state index contributed by atoms with van der Waals surface area (Å²) in [6.45, 7) is -0.343. The van der Waals surface area contributed by atoms with E-state index in [4.69, 9.17) is 21.4 Å². The minimum absolute atomic E-state index is 0.154. The maximum absolute atomic E-state index is 11.7. The van der Waals surface area contributed by atoms with Crippen LogP contribution in [-0.4, -0.2) is 38.6 Å². The zero-order chi connectivity index (χ0) is 14.0. The van der Waals surface area contributed by atoms with Gasteiger partial charge in [0.2, 0.25) is 0 Å². The molecule has 3 N–H and O–H groups in total. The van der Waals surface area contributed by atoms with Crippen LogP contribution < -0.4 is 11.2 Å². The number of hydrogen-bond donors (Lipinski definition) is 3. The number of nitrogens with zero attached hydrogens (tertiary/aromatic N) is 1. The van der Waals surface area contributed by atoms with E-state index in [1.807, 2.05) is 0 Å². The number of H-pyrrole nitrogens is 1. The Morgan fingerprint density at radius 1 is 1.58 bits per heavy atom. The summed E-state index contributed by atoms with van der Waals surface area (Å²) in [5.74, 6) is 0. The number of ether oxygens (including phenoxy) is 1. The van der Waals surface area contributed by atoms with Crippen LogP contribution in [0.1, 0.15) is 18.2 Å². The van der Waals surface area contributed by atoms with Crippen molar-refractivity contribution in [2.24, 2.45) is 0 Å². The van der Waals surface area contributed by atoms with E-state index < -0.39 is 29.7 Å². The normalized spacial score (nSPS) is 27.2. The van der Waals surface area contributed by atoms with Gasteiger partial charge in [0.15, 0.2) is 0 Å². The highest BCUT2D eigenvalue weighted by molar-refractivity contribution is 6.27. The zero-order valence-corrected chi connectivity index (χ0v) is 10.6. The van der Waals surface area contributed by atoms with E-state index in [0.29, 0.717) is 0 Å². The van der Waals surface area contributed by atoms with Gasteiger partial charge < -0.3 is 14.9 Å². The first kappa shape index (κ1) is 14.0. The fourth-order valence-electron chi connectivity index (χ4n) is 1.95. The topological polar surface area (TPSA) is 105 Å². The Bertz CT molecular complexity index is 593. The SMILES string of the molecule is O=c1[nH]c(=O)n([C@@H]2C[C@@H](O)[C@H](CO)O2)cc1C=CCl. The average Bonchev–Trinajstić information content (AvgIpc) is 2.74. The van der Waals surface area contributed by atoms with Gasteiger partial charge in [-0.1, -0.05) is 11.6 Å². The largest absolute Gasteiger partial charge is 0.394 e. The van der Waals surface area contributed by atoms with Gasteiger partial charge in [0, 0.05) is 18.2 Å². The summed E-state index contributed by atoms with van der Waals surface area (Å²) in [5, 5.41) is 18.6. The minimum atomic E-state index is -0.860. The van der Waals surface area contributed by atoms with Gasteiger partial charge in [-0.2, -0.15) is 0 Å². The van der Waals surface area contributed by atoms with Crippen molar-refractivity contribution in [1.29, 1.82) is 0 Å². The summed E-state index contributed by atoms with van der Waals surface area (Å²) < 4.78 is 6.51. The van der Waals surface area contributed by atoms with Crippen LogP contribution >= 0.6 is 11.6 Å². The van der Waals surface area contributed by atoms with Crippen LogP contribution in [0.25, 0.3) is 6.08 Å². The highest BCUT2D eigenvalue weighted by atomic mass is 35.5. The molecule has 0 unspecified atom stereocenters. The maximum atomic E-state index is 11.7. The first-order chi connectivity index (χ1) is 9.06. The van der Waals surface area contributed by atoms with E-state index in [-0.39, 0.29) is 18.6 Å². The first-order valence-corrected chi connectivity index (χ1v) is 6.07. The predicted molar refractivity (Wildman–Crippen MR) is 67.8 cm³/mol. The highest BCUT2D eigenvalue weighted by Crippen LogP contribution is 2.27. The van der Waals surface area contributed by atoms with Crippen molar-refractivity contribution in [2.75, 3.05) is 6.61 Å². The summed E-state index contributed by atoms with van der Waals surface area (Å²) in [6.07, 6.45) is 0.458. The molecule has 1 fully saturated rings. The predicted octanol–water partition coefficient (Wildman–Crippen LogP) is -0.613. The Morgan fingerprint density at radius 3 is 2.89 bits per heavy atom. The lowest BCUT2D eigenvalue weighted by atomic mass is 10.2. The fourth-order valence-corrected chi connectivity index (χ4v) is 2.09. The quantitative estimate of drug-likeness (QED) is 0.688. The van der Waals surface area contributed by atoms with Crippen molar-refractivity contribution in [1.82, 2.24) is 9.55 Å². The van der Waals surface area contributed by atoms with Crippen LogP contribution in [0.3, 0.4) is 0 Å². The molecule has 8 heteroatoms. The lowest BCUT2D eigenvalue weighted by Gasteiger charge is -2.14. The molecule has 0 saturated carbocycles. The summed E-state index contributed by atoms with van der Waals surface area (Å²) in [5.41, 5.74) is 0.142. The van der Waals surface area contributed by atoms with Gasteiger partial charge in [-0.3, -0.25) is 14.3 Å². The van der Waals surface area contributed by atoms with Gasteiger partial charge in [0.05, 0.1) is 18.3 Å². The molecular formula is C11H13ClN2O5. The second kappa shape index (κ2) is 5.70. The van der Waals surface area contributed by atoms with E-state index in [1.165, 1.54) is 12.3 Å². The van der Waals surface area contributed by atoms with Gasteiger partial charge in [0.25, 0.3) is 5.56 Å². The van der Waals surface area contributed by atoms with E-state index in [9.17, 15) is 14.7 Å². The molecule has 1 aliphatic rings. The molecule has 7 nitrogen and oxygen atoms in total. The number of aromatic nitrogens is 2. The van der Waals surface area contributed by atoms with Gasteiger partial charge in [-0.25, -0.2) is 4.79 Å². The smallest absolute Gasteiger partial charge is 0.330 e. The number of aromatic amines is 1. The van der Waals surface area contributed by atoms with Crippen LogP contribution in [0.5, 0.6) is 0 Å². The molecule has 0 bridgehead atoms. The van der Waals surface area contributed by atoms with E-state index in [2.05, 4.69) is 4.98 Å². The van der Waals surface area contributed by atoms with Crippen molar-refractivity contribution in [3.05, 3.63) is 38.1 Å². The van der Waals surface area contributed by atoms with Crippen molar-refractivity contribution in [2.45, 2.75) is 24.9 Å². The van der Waals surface area contributed by atoms with Gasteiger partial charge in [-0.15, -0.1) is 0 Å². The second-order valence-corrected chi connectivity index (χ2v) is 4.41. The van der Waals surface area contributed by atoms with E-state index in [1.54, 1.807) is 0 Å². The molecule has 1 aromatic heterocycles. The molecule has 1 aromatic rings. The molecule has 0 spiro atoms. The molecule has 0 aromatic carbocycles. The van der Waals surface area contributed by atoms with Crippen LogP contribution in [0, 0.1) is 0 Å². The molecule has 0 aliphatic carbocycles. The summed E-state index contributed by atoms with van der Waals surface area (Å²) in [7, 11) is 0. The maximum Gasteiger partial charge on any atom is 0.330 e. The lowest BCUT2D eigenvalue weighted by Crippen LogP contribution is -2.33. The molecule has 1 aliphatic heterocycles. The Hall–Kier alpha value is -1.41. The van der Waals surface area contributed by atoms with Crippen LogP contribution in [-0.2, 0) is 4.74 Å². The first-order valence-electron chi connectivity index (χ1n) is 5.63. The minimum Gasteiger partial charge on any atom is -0.394 e. The number of aliphatic hydroxyl groups is 2. The summed E-state index contributed by atoms with van der Waals surface area (Å²) in [6, 6.07) is 0. The molecule has 2 rings (SSSR count). The third kappa shape index (κ3) is 2.79. The Kier molecular flexibility index (Phi) is 4.20. The standard InChI is InChI=1S/C11H13ClN2O5/c12-2-1-6-4-14(11(18)13-10(6)17)9-3-7(16)8(5-15)19-9/h1-2,4,7-9,15-16H,3,5H2,(H,13,17,18)/t7-,8+,9+/m1/s1. The summed E-state index contributed by atoms with van der Waals surface area (Å²) in [4.78, 5) is 25.3. The van der Waals surface area contributed by atoms with E-state index in [0.717, 1.165) is 10.1 Å². The van der Waals surface area contributed by atoms with Crippen LogP contribution in [0.4, 0.5) is 0 Å². The average molecular weight is 289 g/mol. The van der Waals surface area contributed by atoms with E-state index >= 15 is 0 Å². The molecule has 2 heterocycles. The number of hydrogen-bond acceptors (Lipinski definition) is 5. The summed E-state index contributed by atoms with van der Waals surface area (Å²) >= 11 is 5.40. The third-order valence-electron chi connectivity index (χ3n) is 2.93. The molecular weight excluding hydrogens is 276 g/mol. The molecule has 3 atom stereocenters. The van der Waals surface area contributed by atoms with Gasteiger partial charge in [-0.05, 0) is 6.08 Å². The third-order valence-corrected chi connectivity index (χ3v) is 3.06. The van der Waals surface area contributed by atoms with Gasteiger partial charge in [0.1, 0.15) is 12.3 Å². The number of aliphatic hydroxyl groups excluding tert-OH is 2. The lowest BCUT2D eigenvalue weighted by molar-refractivity contribution is -0.0459. The van der Waals surface area contributed by atoms with Crippen LogP contribution in [0.15, 0.2) is 21.3 Å². The zero-order valence-electron chi connectivity index (χ0n) is 9.82. The van der Waals surface area contributed by atoms with Crippen molar-refractivity contribution in [3.8, 4) is 0 Å². The molecule has 19 heavy (non-hydrogen) atoms. The fraction of sp³-hybridized carbons (Fsp3) is 0.455. The van der Waals surface area contributed by atoms with Crippen LogP contribution in [0.2, 0.25) is 0 Å². The number of nitrogens with one attached hydrogen (secondary N) is 1. The Balaban J connectivity index is 2.38. The second-order valence-electron chi connectivity index (χ2n) is 4.16. The molecule has 0 amide bonds. The highest BCUT2D eigenvalue weighted by Gasteiger charge is 2.35. The van der Waals surface area contributed by atoms with Gasteiger partial charge >= 0.3 is 5.69 Å². The molecule has 0 radical (unpaired) electrons. The van der Waals surface area contributed by atoms with Crippen molar-refractivity contribution >= 4 is 17.7 Å².